The van der Waals surface area contributed by atoms with Crippen LogP contribution >= 0.6 is 0 Å². The molecule has 3 fully saturated rings. The number of allylic oxidation sites excluding steroid dienone is 1. The predicted octanol–water partition coefficient (Wildman–Crippen LogP) is 9.24. The number of nitrogen functional groups attached to an aromatic ring is 1. The summed E-state index contributed by atoms with van der Waals surface area (Å²) in [5.41, 5.74) is 9.85. The summed E-state index contributed by atoms with van der Waals surface area (Å²) in [7, 11) is 0. The van der Waals surface area contributed by atoms with Gasteiger partial charge in [-0.2, -0.15) is 0 Å². The molecule has 0 spiro atoms. The number of ether oxygens (including phenoxy) is 1. The number of esters is 1. The number of nitrogens with two attached hydrogens (primary N) is 1. The van der Waals surface area contributed by atoms with Gasteiger partial charge in [-0.3, -0.25) is 0 Å². The quantitative estimate of drug-likeness (QED) is 0.157. The summed E-state index contributed by atoms with van der Waals surface area (Å²) in [5, 5.41) is 0. The molecule has 5 rings (SSSR count). The number of carbonyl (C=O) groups excluding carboxylic acids is 1. The lowest BCUT2D eigenvalue weighted by Crippen LogP contribution is -2.51. The minimum atomic E-state index is -0.234. The summed E-state index contributed by atoms with van der Waals surface area (Å²) in [6.45, 7) is 12.5. The Labute approximate surface area is 238 Å². The van der Waals surface area contributed by atoms with Gasteiger partial charge >= 0.3 is 5.97 Å². The molecule has 0 amide bonds. The van der Waals surface area contributed by atoms with Gasteiger partial charge < -0.3 is 10.5 Å². The average molecular weight is 532 g/mol. The SMILES string of the molecule is CC(C)CCC[C@@H](C)[C@H]1CCC2C3CC=C4CC(OC(=O)C=Cc5ccc(N)cc5)CC[C@]4(C)C3CC[C@@]21C. The molecular weight excluding hydrogens is 478 g/mol. The van der Waals surface area contributed by atoms with Crippen LogP contribution in [0.1, 0.15) is 111 Å². The van der Waals surface area contributed by atoms with Crippen LogP contribution in [0.25, 0.3) is 6.08 Å². The monoisotopic (exact) mass is 531 g/mol. The van der Waals surface area contributed by atoms with E-state index in [4.69, 9.17) is 10.5 Å². The molecule has 8 atom stereocenters. The van der Waals surface area contributed by atoms with Gasteiger partial charge in [-0.25, -0.2) is 4.79 Å². The highest BCUT2D eigenvalue weighted by atomic mass is 16.5. The Bertz CT molecular complexity index is 1070. The topological polar surface area (TPSA) is 52.3 Å². The molecule has 3 heteroatoms. The van der Waals surface area contributed by atoms with Crippen molar-refractivity contribution >= 4 is 17.7 Å². The number of hydrogen-bond acceptors (Lipinski definition) is 3. The first-order chi connectivity index (χ1) is 18.6. The smallest absolute Gasteiger partial charge is 0.331 e. The summed E-state index contributed by atoms with van der Waals surface area (Å²) in [4.78, 5) is 12.6. The molecule has 3 saturated carbocycles. The number of fused-ring (bicyclic) bond motifs is 5. The molecule has 1 aromatic carbocycles. The van der Waals surface area contributed by atoms with Crippen molar-refractivity contribution in [1.29, 1.82) is 0 Å². The highest BCUT2D eigenvalue weighted by Crippen LogP contribution is 2.67. The second kappa shape index (κ2) is 11.5. The summed E-state index contributed by atoms with van der Waals surface area (Å²) in [6.07, 6.45) is 20.1. The Balaban J connectivity index is 1.21. The fraction of sp³-hybridized carbons (Fsp3) is 0.694. The van der Waals surface area contributed by atoms with E-state index in [0.717, 1.165) is 66.0 Å². The van der Waals surface area contributed by atoms with Gasteiger partial charge in [0.15, 0.2) is 0 Å². The Morgan fingerprint density at radius 2 is 1.79 bits per heavy atom. The normalized spacial score (nSPS) is 36.7. The van der Waals surface area contributed by atoms with Crippen LogP contribution in [0.5, 0.6) is 0 Å². The Morgan fingerprint density at radius 3 is 2.54 bits per heavy atom. The van der Waals surface area contributed by atoms with Gasteiger partial charge in [-0.15, -0.1) is 0 Å². The number of benzene rings is 1. The number of anilines is 1. The molecule has 4 unspecified atom stereocenters. The van der Waals surface area contributed by atoms with E-state index in [0.29, 0.717) is 5.41 Å². The average Bonchev–Trinajstić information content (AvgIpc) is 3.25. The van der Waals surface area contributed by atoms with Crippen LogP contribution in [0.4, 0.5) is 5.69 Å². The van der Waals surface area contributed by atoms with Crippen molar-refractivity contribution in [2.24, 2.45) is 46.3 Å². The van der Waals surface area contributed by atoms with Crippen LogP contribution in [-0.4, -0.2) is 12.1 Å². The second-order valence-electron chi connectivity index (χ2n) is 14.6. The van der Waals surface area contributed by atoms with Crippen LogP contribution in [0.2, 0.25) is 0 Å². The standard InChI is InChI=1S/C36H53NO2/c1-24(2)7-6-8-25(3)31-16-17-32-30-15-12-27-23-29(19-21-35(27,4)33(30)20-22-36(31,32)5)39-34(38)18-11-26-9-13-28(37)14-10-26/h9-14,18,24-25,29-33H,6-8,15-17,19-23,37H2,1-5H3/t25-,29?,30?,31-,32?,33?,35+,36-/m1/s1. The van der Waals surface area contributed by atoms with Crippen LogP contribution in [0, 0.1) is 46.3 Å². The lowest BCUT2D eigenvalue weighted by molar-refractivity contribution is -0.145. The van der Waals surface area contributed by atoms with Crippen molar-refractivity contribution in [2.45, 2.75) is 111 Å². The van der Waals surface area contributed by atoms with Crippen LogP contribution in [0.3, 0.4) is 0 Å². The van der Waals surface area contributed by atoms with Crippen LogP contribution in [-0.2, 0) is 9.53 Å². The third kappa shape index (κ3) is 5.75. The Hall–Kier alpha value is -2.03. The van der Waals surface area contributed by atoms with Crippen molar-refractivity contribution in [2.75, 3.05) is 5.73 Å². The lowest BCUT2D eigenvalue weighted by atomic mass is 9.47. The van der Waals surface area contributed by atoms with E-state index < -0.39 is 0 Å². The van der Waals surface area contributed by atoms with Gasteiger partial charge in [-0.1, -0.05) is 77.7 Å². The van der Waals surface area contributed by atoms with E-state index in [2.05, 4.69) is 40.7 Å². The third-order valence-electron chi connectivity index (χ3n) is 11.9. The molecule has 2 N–H and O–H groups in total. The van der Waals surface area contributed by atoms with Crippen molar-refractivity contribution < 1.29 is 9.53 Å². The zero-order valence-corrected chi connectivity index (χ0v) is 25.3. The van der Waals surface area contributed by atoms with E-state index in [1.165, 1.54) is 51.4 Å². The van der Waals surface area contributed by atoms with Gasteiger partial charge in [0.2, 0.25) is 0 Å². The minimum Gasteiger partial charge on any atom is -0.459 e. The Kier molecular flexibility index (Phi) is 8.37. The third-order valence-corrected chi connectivity index (χ3v) is 11.9. The number of hydrogen-bond donors (Lipinski definition) is 1. The van der Waals surface area contributed by atoms with Crippen molar-refractivity contribution in [3.05, 3.63) is 47.6 Å². The van der Waals surface area contributed by atoms with E-state index in [1.54, 1.807) is 11.6 Å². The summed E-state index contributed by atoms with van der Waals surface area (Å²) >= 11 is 0. The molecule has 4 aliphatic carbocycles. The highest BCUT2D eigenvalue weighted by molar-refractivity contribution is 5.87. The summed E-state index contributed by atoms with van der Waals surface area (Å²) in [5.74, 6) is 4.89. The first-order valence-electron chi connectivity index (χ1n) is 16.0. The first kappa shape index (κ1) is 28.5. The number of rotatable bonds is 8. The summed E-state index contributed by atoms with van der Waals surface area (Å²) in [6, 6.07) is 7.54. The van der Waals surface area contributed by atoms with Crippen molar-refractivity contribution in [3.63, 3.8) is 0 Å². The maximum absolute atomic E-state index is 12.6. The molecule has 0 aliphatic heterocycles. The molecular formula is C36H53NO2. The molecule has 214 valence electrons. The molecule has 1 aromatic rings. The minimum absolute atomic E-state index is 0.000786. The molecule has 0 radical (unpaired) electrons. The van der Waals surface area contributed by atoms with Gasteiger partial charge in [0.05, 0.1) is 0 Å². The fourth-order valence-electron chi connectivity index (χ4n) is 9.73. The largest absolute Gasteiger partial charge is 0.459 e. The fourth-order valence-corrected chi connectivity index (χ4v) is 9.73. The van der Waals surface area contributed by atoms with Gasteiger partial charge in [0.25, 0.3) is 0 Å². The van der Waals surface area contributed by atoms with E-state index in [1.807, 2.05) is 30.3 Å². The van der Waals surface area contributed by atoms with Crippen LogP contribution < -0.4 is 5.73 Å². The van der Waals surface area contributed by atoms with Crippen molar-refractivity contribution in [1.82, 2.24) is 0 Å². The van der Waals surface area contributed by atoms with Crippen molar-refractivity contribution in [3.8, 4) is 0 Å². The lowest BCUT2D eigenvalue weighted by Gasteiger charge is -2.58. The molecule has 0 aromatic heterocycles. The highest BCUT2D eigenvalue weighted by Gasteiger charge is 2.59. The number of carbonyl (C=O) groups is 1. The van der Waals surface area contributed by atoms with Gasteiger partial charge in [0.1, 0.15) is 6.10 Å². The molecule has 3 nitrogen and oxygen atoms in total. The van der Waals surface area contributed by atoms with E-state index >= 15 is 0 Å². The van der Waals surface area contributed by atoms with Gasteiger partial charge in [-0.05, 0) is 115 Å². The zero-order valence-electron chi connectivity index (χ0n) is 25.3. The first-order valence-corrected chi connectivity index (χ1v) is 16.0. The molecule has 0 bridgehead atoms. The molecule has 0 saturated heterocycles. The molecule has 39 heavy (non-hydrogen) atoms. The molecule has 0 heterocycles. The zero-order chi connectivity index (χ0) is 27.8. The predicted molar refractivity (Wildman–Crippen MR) is 163 cm³/mol. The van der Waals surface area contributed by atoms with Crippen LogP contribution in [0.15, 0.2) is 42.0 Å². The Morgan fingerprint density at radius 1 is 1.03 bits per heavy atom. The van der Waals surface area contributed by atoms with E-state index in [9.17, 15) is 4.79 Å². The second-order valence-corrected chi connectivity index (χ2v) is 14.6. The molecule has 4 aliphatic rings. The summed E-state index contributed by atoms with van der Waals surface area (Å²) < 4.78 is 5.95. The van der Waals surface area contributed by atoms with E-state index in [-0.39, 0.29) is 17.5 Å². The van der Waals surface area contributed by atoms with Gasteiger partial charge in [0, 0.05) is 18.2 Å². The maximum atomic E-state index is 12.6. The maximum Gasteiger partial charge on any atom is 0.331 e.